The number of benzene rings is 1. The van der Waals surface area contributed by atoms with Gasteiger partial charge in [0.1, 0.15) is 11.5 Å². The average Bonchev–Trinajstić information content (AvgIpc) is 2.32. The van der Waals surface area contributed by atoms with Crippen molar-refractivity contribution < 1.29 is 4.39 Å². The van der Waals surface area contributed by atoms with Gasteiger partial charge in [0.25, 0.3) is 0 Å². The summed E-state index contributed by atoms with van der Waals surface area (Å²) in [6.45, 7) is 3.71. The molecule has 0 saturated carbocycles. The smallest absolute Gasteiger partial charge is 0.152 e. The number of rotatable bonds is 2. The van der Waals surface area contributed by atoms with Crippen molar-refractivity contribution in [1.82, 2.24) is 9.97 Å². The Bertz CT molecular complexity index is 599. The Morgan fingerprint density at radius 3 is 2.44 bits per heavy atom. The number of nitrogens with zero attached hydrogens (tertiary/aromatic N) is 2. The molecular formula is C13H13ClFN3. The monoisotopic (exact) mass is 265 g/mol. The van der Waals surface area contributed by atoms with Crippen molar-refractivity contribution in [2.24, 2.45) is 0 Å². The van der Waals surface area contributed by atoms with Gasteiger partial charge in [0, 0.05) is 17.6 Å². The number of anilines is 1. The summed E-state index contributed by atoms with van der Waals surface area (Å²) in [4.78, 5) is 8.75. The lowest BCUT2D eigenvalue weighted by Gasteiger charge is -2.11. The van der Waals surface area contributed by atoms with Crippen molar-refractivity contribution in [3.05, 3.63) is 40.4 Å². The molecule has 94 valence electrons. The van der Waals surface area contributed by atoms with E-state index >= 15 is 0 Å². The first kappa shape index (κ1) is 12.8. The molecule has 0 bridgehead atoms. The highest BCUT2D eigenvalue weighted by Crippen LogP contribution is 2.29. The summed E-state index contributed by atoms with van der Waals surface area (Å²) in [5, 5.41) is 3.29. The van der Waals surface area contributed by atoms with Crippen LogP contribution in [0.1, 0.15) is 11.4 Å². The lowest BCUT2D eigenvalue weighted by molar-refractivity contribution is 0.630. The van der Waals surface area contributed by atoms with E-state index in [1.807, 2.05) is 13.8 Å². The van der Waals surface area contributed by atoms with Crippen LogP contribution in [-0.2, 0) is 0 Å². The van der Waals surface area contributed by atoms with E-state index in [-0.39, 0.29) is 0 Å². The molecule has 0 aliphatic rings. The SMILES string of the molecule is CNc1nc(C)c(C)nc1-c1ccc(Cl)cc1F. The maximum absolute atomic E-state index is 13.9. The Morgan fingerprint density at radius 1 is 1.17 bits per heavy atom. The fourth-order valence-corrected chi connectivity index (χ4v) is 1.81. The predicted octanol–water partition coefficient (Wildman–Crippen LogP) is 3.59. The molecule has 5 heteroatoms. The Hall–Kier alpha value is -1.68. The van der Waals surface area contributed by atoms with E-state index < -0.39 is 5.82 Å². The topological polar surface area (TPSA) is 37.8 Å². The van der Waals surface area contributed by atoms with Crippen LogP contribution in [0.4, 0.5) is 10.2 Å². The van der Waals surface area contributed by atoms with E-state index in [0.29, 0.717) is 22.1 Å². The molecule has 0 amide bonds. The molecule has 0 radical (unpaired) electrons. The molecule has 18 heavy (non-hydrogen) atoms. The second-order valence-electron chi connectivity index (χ2n) is 3.97. The van der Waals surface area contributed by atoms with Crippen LogP contribution in [0.25, 0.3) is 11.3 Å². The zero-order valence-corrected chi connectivity index (χ0v) is 11.1. The van der Waals surface area contributed by atoms with Gasteiger partial charge in [-0.15, -0.1) is 0 Å². The summed E-state index contributed by atoms with van der Waals surface area (Å²) < 4.78 is 13.9. The van der Waals surface area contributed by atoms with Crippen LogP contribution >= 0.6 is 11.6 Å². The molecule has 1 N–H and O–H groups in total. The van der Waals surface area contributed by atoms with Crippen molar-refractivity contribution in [3.63, 3.8) is 0 Å². The molecule has 3 nitrogen and oxygen atoms in total. The Labute approximate surface area is 110 Å². The maximum Gasteiger partial charge on any atom is 0.152 e. The number of hydrogen-bond donors (Lipinski definition) is 1. The van der Waals surface area contributed by atoms with E-state index in [9.17, 15) is 4.39 Å². The highest BCUT2D eigenvalue weighted by atomic mass is 35.5. The molecule has 0 fully saturated rings. The largest absolute Gasteiger partial charge is 0.371 e. The van der Waals surface area contributed by atoms with Crippen LogP contribution in [0.3, 0.4) is 0 Å². The third kappa shape index (κ3) is 2.29. The van der Waals surface area contributed by atoms with E-state index in [2.05, 4.69) is 15.3 Å². The fraction of sp³-hybridized carbons (Fsp3) is 0.231. The van der Waals surface area contributed by atoms with Gasteiger partial charge < -0.3 is 5.32 Å². The van der Waals surface area contributed by atoms with Crippen LogP contribution in [0, 0.1) is 19.7 Å². The Kier molecular flexibility index (Phi) is 3.48. The molecule has 0 atom stereocenters. The lowest BCUT2D eigenvalue weighted by Crippen LogP contribution is -2.03. The lowest BCUT2D eigenvalue weighted by atomic mass is 10.1. The third-order valence-electron chi connectivity index (χ3n) is 2.73. The van der Waals surface area contributed by atoms with Crippen molar-refractivity contribution in [2.75, 3.05) is 12.4 Å². The summed E-state index contributed by atoms with van der Waals surface area (Å²) in [7, 11) is 1.73. The molecule has 0 unspecified atom stereocenters. The van der Waals surface area contributed by atoms with Gasteiger partial charge in [-0.3, -0.25) is 0 Å². The molecule has 2 rings (SSSR count). The normalized spacial score (nSPS) is 10.5. The van der Waals surface area contributed by atoms with E-state index in [4.69, 9.17) is 11.6 Å². The summed E-state index contributed by atoms with van der Waals surface area (Å²) >= 11 is 5.74. The minimum atomic E-state index is -0.406. The van der Waals surface area contributed by atoms with Crippen molar-refractivity contribution >= 4 is 17.4 Å². The number of aryl methyl sites for hydroxylation is 2. The molecule has 2 aromatic rings. The first-order valence-corrected chi connectivity index (χ1v) is 5.89. The summed E-state index contributed by atoms with van der Waals surface area (Å²) in [6.07, 6.45) is 0. The van der Waals surface area contributed by atoms with E-state index in [1.165, 1.54) is 6.07 Å². The maximum atomic E-state index is 13.9. The summed E-state index contributed by atoms with van der Waals surface area (Å²) in [5.41, 5.74) is 2.48. The van der Waals surface area contributed by atoms with Gasteiger partial charge >= 0.3 is 0 Å². The minimum absolute atomic E-state index is 0.360. The van der Waals surface area contributed by atoms with Crippen molar-refractivity contribution in [1.29, 1.82) is 0 Å². The van der Waals surface area contributed by atoms with Gasteiger partial charge in [-0.1, -0.05) is 11.6 Å². The van der Waals surface area contributed by atoms with E-state index in [0.717, 1.165) is 11.4 Å². The second kappa shape index (κ2) is 4.90. The zero-order valence-electron chi connectivity index (χ0n) is 10.4. The van der Waals surface area contributed by atoms with Crippen LogP contribution in [0.2, 0.25) is 5.02 Å². The predicted molar refractivity (Wildman–Crippen MR) is 71.5 cm³/mol. The standard InChI is InChI=1S/C13H13ClFN3/c1-7-8(2)18-13(16-3)12(17-7)10-5-4-9(14)6-11(10)15/h4-6H,1-3H3,(H,16,18). The number of hydrogen-bond acceptors (Lipinski definition) is 3. The quantitative estimate of drug-likeness (QED) is 0.902. The number of aromatic nitrogens is 2. The first-order chi connectivity index (χ1) is 8.52. The number of nitrogens with one attached hydrogen (secondary N) is 1. The summed E-state index contributed by atoms with van der Waals surface area (Å²) in [6, 6.07) is 4.51. The molecule has 0 spiro atoms. The van der Waals surface area contributed by atoms with Crippen LogP contribution in [0.15, 0.2) is 18.2 Å². The van der Waals surface area contributed by atoms with Crippen LogP contribution in [0.5, 0.6) is 0 Å². The van der Waals surface area contributed by atoms with Gasteiger partial charge in [-0.25, -0.2) is 14.4 Å². The molecule has 1 heterocycles. The Balaban J connectivity index is 2.66. The van der Waals surface area contributed by atoms with E-state index in [1.54, 1.807) is 19.2 Å². The molecule has 0 aliphatic heterocycles. The van der Waals surface area contributed by atoms with Gasteiger partial charge in [0.05, 0.1) is 11.4 Å². The number of halogens is 2. The Morgan fingerprint density at radius 2 is 1.83 bits per heavy atom. The average molecular weight is 266 g/mol. The summed E-state index contributed by atoms with van der Waals surface area (Å²) in [5.74, 6) is 0.149. The minimum Gasteiger partial charge on any atom is -0.371 e. The van der Waals surface area contributed by atoms with Crippen molar-refractivity contribution in [2.45, 2.75) is 13.8 Å². The third-order valence-corrected chi connectivity index (χ3v) is 2.97. The van der Waals surface area contributed by atoms with Gasteiger partial charge in [-0.05, 0) is 32.0 Å². The van der Waals surface area contributed by atoms with Crippen LogP contribution in [-0.4, -0.2) is 17.0 Å². The second-order valence-corrected chi connectivity index (χ2v) is 4.40. The molecule has 0 aliphatic carbocycles. The highest BCUT2D eigenvalue weighted by molar-refractivity contribution is 6.30. The highest BCUT2D eigenvalue weighted by Gasteiger charge is 2.14. The van der Waals surface area contributed by atoms with Gasteiger partial charge in [0.2, 0.25) is 0 Å². The van der Waals surface area contributed by atoms with Gasteiger partial charge in [0.15, 0.2) is 5.82 Å². The molecule has 0 saturated heterocycles. The zero-order chi connectivity index (χ0) is 13.3. The fourth-order valence-electron chi connectivity index (χ4n) is 1.65. The molecular weight excluding hydrogens is 253 g/mol. The van der Waals surface area contributed by atoms with Gasteiger partial charge in [-0.2, -0.15) is 0 Å². The molecule has 1 aromatic heterocycles. The molecule has 1 aromatic carbocycles. The van der Waals surface area contributed by atoms with Crippen molar-refractivity contribution in [3.8, 4) is 11.3 Å². The van der Waals surface area contributed by atoms with Crippen LogP contribution < -0.4 is 5.32 Å². The first-order valence-electron chi connectivity index (χ1n) is 5.51.